The summed E-state index contributed by atoms with van der Waals surface area (Å²) in [5.41, 5.74) is 2.72. The fourth-order valence-electron chi connectivity index (χ4n) is 3.30. The molecule has 1 aromatic heterocycles. The zero-order chi connectivity index (χ0) is 24.0. The Morgan fingerprint density at radius 3 is 2.24 bits per heavy atom. The van der Waals surface area contributed by atoms with Gasteiger partial charge in [0.05, 0.1) is 10.6 Å². The highest BCUT2D eigenvalue weighted by Gasteiger charge is 2.23. The average molecular weight is 493 g/mol. The summed E-state index contributed by atoms with van der Waals surface area (Å²) in [6, 6.07) is 25.7. The van der Waals surface area contributed by atoms with E-state index < -0.39 is 9.84 Å². The number of nitrogens with one attached hydrogen (secondary N) is 1. The number of hydrogen-bond acceptors (Lipinski definition) is 6. The Morgan fingerprint density at radius 1 is 0.912 bits per heavy atom. The Labute approximate surface area is 203 Å². The van der Waals surface area contributed by atoms with Crippen molar-refractivity contribution in [2.24, 2.45) is 0 Å². The Morgan fingerprint density at radius 2 is 1.56 bits per heavy atom. The maximum Gasteiger partial charge on any atom is 0.230 e. The molecule has 0 atom stereocenters. The fraction of sp³-hybridized carbons (Fsp3) is 0.160. The summed E-state index contributed by atoms with van der Waals surface area (Å²) >= 11 is 1.21. The molecule has 1 amide bonds. The highest BCUT2D eigenvalue weighted by molar-refractivity contribution is 7.99. The molecule has 4 aromatic rings. The van der Waals surface area contributed by atoms with Gasteiger partial charge >= 0.3 is 0 Å². The number of benzene rings is 3. The molecule has 0 aliphatic carbocycles. The molecule has 0 aliphatic rings. The first-order chi connectivity index (χ1) is 16.4. The summed E-state index contributed by atoms with van der Waals surface area (Å²) in [4.78, 5) is 12.6. The van der Waals surface area contributed by atoms with Crippen molar-refractivity contribution in [2.45, 2.75) is 29.3 Å². The van der Waals surface area contributed by atoms with Crippen LogP contribution in [0.5, 0.6) is 0 Å². The highest BCUT2D eigenvalue weighted by Crippen LogP contribution is 2.25. The van der Waals surface area contributed by atoms with E-state index in [1.807, 2.05) is 67.6 Å². The number of hydrogen-bond donors (Lipinski definition) is 1. The van der Waals surface area contributed by atoms with E-state index in [4.69, 9.17) is 0 Å². The van der Waals surface area contributed by atoms with Gasteiger partial charge in [-0.1, -0.05) is 78.0 Å². The lowest BCUT2D eigenvalue weighted by molar-refractivity contribution is -0.118. The summed E-state index contributed by atoms with van der Waals surface area (Å²) in [6.07, 6.45) is 0. The van der Waals surface area contributed by atoms with Gasteiger partial charge in [0.2, 0.25) is 5.91 Å². The SMILES string of the molecule is Cc1ccc(S(=O)(=O)Cc2nnc(SCC(=O)NCc3ccccc3)n2-c2ccccc2)cc1. The fourth-order valence-corrected chi connectivity index (χ4v) is 5.35. The number of sulfone groups is 1. The molecule has 174 valence electrons. The first-order valence-corrected chi connectivity index (χ1v) is 13.3. The molecule has 0 fully saturated rings. The summed E-state index contributed by atoms with van der Waals surface area (Å²) in [5.74, 6) is -0.0365. The summed E-state index contributed by atoms with van der Waals surface area (Å²) in [7, 11) is -3.63. The Kier molecular flexibility index (Phi) is 7.44. The minimum Gasteiger partial charge on any atom is -0.351 e. The minimum absolute atomic E-state index is 0.127. The molecule has 1 N–H and O–H groups in total. The number of amides is 1. The maximum absolute atomic E-state index is 13.0. The van der Waals surface area contributed by atoms with E-state index in [1.165, 1.54) is 11.8 Å². The van der Waals surface area contributed by atoms with Crippen molar-refractivity contribution in [1.29, 1.82) is 0 Å². The predicted molar refractivity (Wildman–Crippen MR) is 132 cm³/mol. The standard InChI is InChI=1S/C25H24N4O3S2/c1-19-12-14-22(15-13-19)34(31,32)18-23-27-28-25(29(23)21-10-6-3-7-11-21)33-17-24(30)26-16-20-8-4-2-5-9-20/h2-15H,16-18H2,1H3,(H,26,30). The molecule has 1 heterocycles. The normalized spacial score (nSPS) is 11.3. The third-order valence-electron chi connectivity index (χ3n) is 5.08. The van der Waals surface area contributed by atoms with E-state index in [0.29, 0.717) is 17.5 Å². The molecule has 9 heteroatoms. The monoisotopic (exact) mass is 492 g/mol. The second-order valence-electron chi connectivity index (χ2n) is 7.69. The van der Waals surface area contributed by atoms with E-state index in [0.717, 1.165) is 16.8 Å². The second-order valence-corrected chi connectivity index (χ2v) is 10.6. The third-order valence-corrected chi connectivity index (χ3v) is 7.64. The van der Waals surface area contributed by atoms with Gasteiger partial charge in [0.15, 0.2) is 20.8 Å². The summed E-state index contributed by atoms with van der Waals surface area (Å²) < 4.78 is 27.8. The Bertz CT molecular complexity index is 1350. The number of para-hydroxylation sites is 1. The molecule has 0 unspecified atom stereocenters. The van der Waals surface area contributed by atoms with Crippen LogP contribution in [0.3, 0.4) is 0 Å². The van der Waals surface area contributed by atoms with Crippen LogP contribution in [0.4, 0.5) is 0 Å². The van der Waals surface area contributed by atoms with E-state index in [9.17, 15) is 13.2 Å². The zero-order valence-corrected chi connectivity index (χ0v) is 20.2. The molecule has 0 saturated heterocycles. The number of carbonyl (C=O) groups excluding carboxylic acids is 1. The van der Waals surface area contributed by atoms with Crippen LogP contribution in [-0.2, 0) is 26.9 Å². The van der Waals surface area contributed by atoms with Gasteiger partial charge in [-0.25, -0.2) is 8.42 Å². The topological polar surface area (TPSA) is 94.0 Å². The zero-order valence-electron chi connectivity index (χ0n) is 18.6. The third kappa shape index (κ3) is 5.92. The molecule has 0 spiro atoms. The minimum atomic E-state index is -3.63. The molecule has 34 heavy (non-hydrogen) atoms. The average Bonchev–Trinajstić information content (AvgIpc) is 3.24. The quantitative estimate of drug-likeness (QED) is 0.356. The van der Waals surface area contributed by atoms with Crippen LogP contribution >= 0.6 is 11.8 Å². The van der Waals surface area contributed by atoms with Crippen molar-refractivity contribution in [2.75, 3.05) is 5.75 Å². The molecule has 0 saturated carbocycles. The first kappa shape index (κ1) is 23.7. The molecule has 0 bridgehead atoms. The molecule has 3 aromatic carbocycles. The van der Waals surface area contributed by atoms with Crippen molar-refractivity contribution >= 4 is 27.5 Å². The van der Waals surface area contributed by atoms with E-state index >= 15 is 0 Å². The Balaban J connectivity index is 1.53. The number of rotatable bonds is 9. The first-order valence-electron chi connectivity index (χ1n) is 10.6. The highest BCUT2D eigenvalue weighted by atomic mass is 32.2. The number of carbonyl (C=O) groups is 1. The van der Waals surface area contributed by atoms with Crippen LogP contribution in [0, 0.1) is 6.92 Å². The van der Waals surface area contributed by atoms with Crippen molar-refractivity contribution in [3.63, 3.8) is 0 Å². The lowest BCUT2D eigenvalue weighted by atomic mass is 10.2. The van der Waals surface area contributed by atoms with Gasteiger partial charge in [0.25, 0.3) is 0 Å². The van der Waals surface area contributed by atoms with E-state index in [-0.39, 0.29) is 22.3 Å². The number of aromatic nitrogens is 3. The number of thioether (sulfide) groups is 1. The Hall–Kier alpha value is -3.43. The molecule has 0 radical (unpaired) electrons. The van der Waals surface area contributed by atoms with Gasteiger partial charge in [-0.15, -0.1) is 10.2 Å². The lowest BCUT2D eigenvalue weighted by Crippen LogP contribution is -2.24. The van der Waals surface area contributed by atoms with Crippen molar-refractivity contribution in [3.05, 3.63) is 102 Å². The molecular weight excluding hydrogens is 468 g/mol. The summed E-state index contributed by atoms with van der Waals surface area (Å²) in [6.45, 7) is 2.34. The van der Waals surface area contributed by atoms with Crippen LogP contribution in [-0.4, -0.2) is 34.8 Å². The van der Waals surface area contributed by atoms with E-state index in [1.54, 1.807) is 28.8 Å². The van der Waals surface area contributed by atoms with Crippen molar-refractivity contribution in [3.8, 4) is 5.69 Å². The summed E-state index contributed by atoms with van der Waals surface area (Å²) in [5, 5.41) is 11.7. The van der Waals surface area contributed by atoms with Crippen LogP contribution < -0.4 is 5.32 Å². The molecular formula is C25H24N4O3S2. The molecule has 0 aliphatic heterocycles. The van der Waals surface area contributed by atoms with Gasteiger partial charge in [0.1, 0.15) is 5.75 Å². The van der Waals surface area contributed by atoms with Crippen LogP contribution in [0.15, 0.2) is 95.0 Å². The van der Waals surface area contributed by atoms with E-state index in [2.05, 4.69) is 15.5 Å². The number of aryl methyl sites for hydroxylation is 1. The number of nitrogens with zero attached hydrogens (tertiary/aromatic N) is 3. The maximum atomic E-state index is 13.0. The largest absolute Gasteiger partial charge is 0.351 e. The van der Waals surface area contributed by atoms with Crippen LogP contribution in [0.2, 0.25) is 0 Å². The lowest BCUT2D eigenvalue weighted by Gasteiger charge is -2.11. The van der Waals surface area contributed by atoms with Crippen molar-refractivity contribution < 1.29 is 13.2 Å². The molecule has 4 rings (SSSR count). The van der Waals surface area contributed by atoms with Gasteiger partial charge in [-0.05, 0) is 36.8 Å². The van der Waals surface area contributed by atoms with Gasteiger partial charge < -0.3 is 5.32 Å². The van der Waals surface area contributed by atoms with Gasteiger partial charge in [0, 0.05) is 12.2 Å². The van der Waals surface area contributed by atoms with Crippen molar-refractivity contribution in [1.82, 2.24) is 20.1 Å². The smallest absolute Gasteiger partial charge is 0.230 e. The van der Waals surface area contributed by atoms with Gasteiger partial charge in [-0.2, -0.15) is 0 Å². The van der Waals surface area contributed by atoms with Gasteiger partial charge in [-0.3, -0.25) is 9.36 Å². The van der Waals surface area contributed by atoms with Crippen LogP contribution in [0.25, 0.3) is 5.69 Å². The second kappa shape index (κ2) is 10.7. The van der Waals surface area contributed by atoms with Crippen LogP contribution in [0.1, 0.15) is 17.0 Å². The predicted octanol–water partition coefficient (Wildman–Crippen LogP) is 3.96. The molecule has 7 nitrogen and oxygen atoms in total.